The van der Waals surface area contributed by atoms with Crippen LogP contribution in [0.15, 0.2) is 48.5 Å². The van der Waals surface area contributed by atoms with Crippen molar-refractivity contribution < 1.29 is 30.9 Å². The molecule has 0 N–H and O–H groups in total. The number of halogens is 2. The van der Waals surface area contributed by atoms with Crippen LogP contribution in [0.4, 0.5) is 4.39 Å². The summed E-state index contributed by atoms with van der Waals surface area (Å²) >= 11 is 5.79. The van der Waals surface area contributed by atoms with Crippen molar-refractivity contribution >= 4 is 28.7 Å². The lowest BCUT2D eigenvalue weighted by Crippen LogP contribution is -2.39. The van der Waals surface area contributed by atoms with Crippen molar-refractivity contribution in [3.8, 4) is 11.6 Å². The lowest BCUT2D eigenvalue weighted by Gasteiger charge is -2.32. The van der Waals surface area contributed by atoms with Crippen LogP contribution in [0.25, 0.3) is 11.2 Å². The van der Waals surface area contributed by atoms with E-state index in [1.807, 2.05) is 4.57 Å². The summed E-state index contributed by atoms with van der Waals surface area (Å²) in [7, 11) is 1.33. The molecule has 0 spiro atoms. The second kappa shape index (κ2) is 12.6. The van der Waals surface area contributed by atoms with Crippen LogP contribution in [0, 0.1) is 5.82 Å². The third-order valence-corrected chi connectivity index (χ3v) is 7.55. The van der Waals surface area contributed by atoms with Crippen LogP contribution in [-0.2, 0) is 29.1 Å². The van der Waals surface area contributed by atoms with Crippen molar-refractivity contribution in [2.45, 2.75) is 51.1 Å². The number of aromatic nitrogens is 4. The SMILES string of the molecule is [2H]C([2H])(Oc1ccc(Cl)cc1F)c1cccc(OC2CCN(Cc3nc4ccc(C(=O)OC)nc4n3C[C@@H]3CCO3)CC2)n1. The number of ether oxygens (including phenoxy) is 4. The van der Waals surface area contributed by atoms with Gasteiger partial charge >= 0.3 is 5.97 Å². The van der Waals surface area contributed by atoms with Crippen LogP contribution in [0.3, 0.4) is 0 Å². The van der Waals surface area contributed by atoms with Gasteiger partial charge in [-0.25, -0.2) is 24.1 Å². The molecular formula is C30H31ClFN5O5. The molecule has 0 unspecified atom stereocenters. The average Bonchev–Trinajstić information content (AvgIpc) is 3.33. The highest BCUT2D eigenvalue weighted by molar-refractivity contribution is 6.30. The molecule has 42 heavy (non-hydrogen) atoms. The summed E-state index contributed by atoms with van der Waals surface area (Å²) in [4.78, 5) is 28.1. The van der Waals surface area contributed by atoms with Gasteiger partial charge in [0.25, 0.3) is 0 Å². The van der Waals surface area contributed by atoms with Crippen molar-refractivity contribution in [1.82, 2.24) is 24.4 Å². The number of likely N-dealkylation sites (tertiary alicyclic amines) is 1. The first-order valence-electron chi connectivity index (χ1n) is 14.7. The van der Waals surface area contributed by atoms with Gasteiger partial charge < -0.3 is 23.5 Å². The fourth-order valence-electron chi connectivity index (χ4n) is 4.97. The summed E-state index contributed by atoms with van der Waals surface area (Å²) in [5, 5.41) is 0.183. The Kier molecular flexibility index (Phi) is 7.76. The summed E-state index contributed by atoms with van der Waals surface area (Å²) in [6.07, 6.45) is 2.36. The van der Waals surface area contributed by atoms with Crippen LogP contribution in [-0.4, -0.2) is 69.4 Å². The lowest BCUT2D eigenvalue weighted by molar-refractivity contribution is -0.0593. The average molecular weight is 598 g/mol. The molecule has 1 aromatic carbocycles. The lowest BCUT2D eigenvalue weighted by atomic mass is 10.1. The number of hydrogen-bond acceptors (Lipinski definition) is 9. The van der Waals surface area contributed by atoms with Crippen molar-refractivity contribution in [3.63, 3.8) is 0 Å². The zero-order valence-electron chi connectivity index (χ0n) is 25.0. The molecular weight excluding hydrogens is 565 g/mol. The Morgan fingerprint density at radius 3 is 2.71 bits per heavy atom. The Morgan fingerprint density at radius 2 is 1.98 bits per heavy atom. The molecule has 12 heteroatoms. The predicted octanol–water partition coefficient (Wildman–Crippen LogP) is 4.82. The minimum Gasteiger partial charge on any atom is -0.484 e. The Hall–Kier alpha value is -3.80. The Bertz CT molecular complexity index is 1660. The minimum absolute atomic E-state index is 0.0416. The highest BCUT2D eigenvalue weighted by Crippen LogP contribution is 2.25. The van der Waals surface area contributed by atoms with Crippen molar-refractivity contribution in [2.24, 2.45) is 0 Å². The highest BCUT2D eigenvalue weighted by atomic mass is 35.5. The number of piperidine rings is 1. The number of benzene rings is 1. The first kappa shape index (κ1) is 25.9. The maximum atomic E-state index is 14.2. The van der Waals surface area contributed by atoms with Gasteiger partial charge in [0.2, 0.25) is 5.88 Å². The number of methoxy groups -OCH3 is 1. The van der Waals surface area contributed by atoms with Gasteiger partial charge in [-0.2, -0.15) is 0 Å². The number of nitrogens with zero attached hydrogens (tertiary/aromatic N) is 5. The summed E-state index contributed by atoms with van der Waals surface area (Å²) in [5.74, 6) is -0.428. The monoisotopic (exact) mass is 597 g/mol. The van der Waals surface area contributed by atoms with Gasteiger partial charge in [0, 0.05) is 30.8 Å². The van der Waals surface area contributed by atoms with Gasteiger partial charge in [-0.15, -0.1) is 0 Å². The van der Waals surface area contributed by atoms with Gasteiger partial charge in [0.15, 0.2) is 22.9 Å². The van der Waals surface area contributed by atoms with Gasteiger partial charge in [0.05, 0.1) is 34.7 Å². The number of pyridine rings is 2. The summed E-state index contributed by atoms with van der Waals surface area (Å²) < 4.78 is 54.9. The molecule has 0 saturated carbocycles. The molecule has 0 radical (unpaired) electrons. The highest BCUT2D eigenvalue weighted by Gasteiger charge is 2.26. The molecule has 220 valence electrons. The van der Waals surface area contributed by atoms with Crippen molar-refractivity contribution in [3.05, 3.63) is 76.6 Å². The van der Waals surface area contributed by atoms with E-state index in [2.05, 4.69) is 14.9 Å². The Labute approximate surface area is 250 Å². The van der Waals surface area contributed by atoms with Crippen molar-refractivity contribution in [2.75, 3.05) is 26.8 Å². The third-order valence-electron chi connectivity index (χ3n) is 7.32. The summed E-state index contributed by atoms with van der Waals surface area (Å²) in [5.41, 5.74) is 1.53. The number of fused-ring (bicyclic) bond motifs is 1. The maximum Gasteiger partial charge on any atom is 0.356 e. The zero-order chi connectivity index (χ0) is 30.8. The molecule has 1 atom stereocenters. The summed E-state index contributed by atoms with van der Waals surface area (Å²) in [6.45, 7) is 1.02. The molecule has 2 aliphatic rings. The quantitative estimate of drug-likeness (QED) is 0.238. The molecule has 3 aromatic heterocycles. The number of hydrogen-bond donors (Lipinski definition) is 0. The second-order valence-electron chi connectivity index (χ2n) is 10.2. The normalized spacial score (nSPS) is 18.7. The number of esters is 1. The number of imidazole rings is 1. The molecule has 5 heterocycles. The van der Waals surface area contributed by atoms with E-state index >= 15 is 0 Å². The first-order valence-corrected chi connectivity index (χ1v) is 14.1. The van der Waals surface area contributed by atoms with Crippen LogP contribution in [0.5, 0.6) is 11.6 Å². The van der Waals surface area contributed by atoms with E-state index in [4.69, 9.17) is 38.3 Å². The molecule has 2 fully saturated rings. The van der Waals surface area contributed by atoms with Gasteiger partial charge in [0.1, 0.15) is 24.0 Å². The van der Waals surface area contributed by atoms with E-state index in [9.17, 15) is 9.18 Å². The Morgan fingerprint density at radius 1 is 1.14 bits per heavy atom. The van der Waals surface area contributed by atoms with E-state index in [0.717, 1.165) is 50.8 Å². The molecule has 10 nitrogen and oxygen atoms in total. The molecule has 0 bridgehead atoms. The smallest absolute Gasteiger partial charge is 0.356 e. The van der Waals surface area contributed by atoms with E-state index in [1.54, 1.807) is 24.3 Å². The molecule has 4 aromatic rings. The predicted molar refractivity (Wildman–Crippen MR) is 152 cm³/mol. The number of rotatable bonds is 10. The van der Waals surface area contributed by atoms with Crippen LogP contribution in [0.2, 0.25) is 5.02 Å². The zero-order valence-corrected chi connectivity index (χ0v) is 23.7. The second-order valence-corrected chi connectivity index (χ2v) is 10.6. The molecule has 2 aliphatic heterocycles. The van der Waals surface area contributed by atoms with Crippen LogP contribution < -0.4 is 9.47 Å². The molecule has 0 aliphatic carbocycles. The minimum atomic E-state index is -2.40. The number of carbonyl (C=O) groups excluding carboxylic acids is 1. The first-order chi connectivity index (χ1) is 21.2. The topological polar surface area (TPSA) is 101 Å². The van der Waals surface area contributed by atoms with Gasteiger partial charge in [-0.05, 0) is 55.7 Å². The van der Waals surface area contributed by atoms with Gasteiger partial charge in [-0.1, -0.05) is 17.7 Å². The molecule has 6 rings (SSSR count). The van der Waals surface area contributed by atoms with E-state index in [1.165, 1.54) is 25.3 Å². The van der Waals surface area contributed by atoms with E-state index in [-0.39, 0.29) is 40.2 Å². The molecule has 0 amide bonds. The van der Waals surface area contributed by atoms with Crippen LogP contribution >= 0.6 is 11.6 Å². The maximum absolute atomic E-state index is 14.2. The third kappa shape index (κ3) is 6.48. The van der Waals surface area contributed by atoms with Gasteiger partial charge in [-0.3, -0.25) is 4.90 Å². The number of carbonyl (C=O) groups is 1. The fraction of sp³-hybridized carbons (Fsp3) is 0.400. The van der Waals surface area contributed by atoms with E-state index < -0.39 is 18.3 Å². The molecule has 2 saturated heterocycles. The largest absolute Gasteiger partial charge is 0.484 e. The van der Waals surface area contributed by atoms with Crippen molar-refractivity contribution in [1.29, 1.82) is 0 Å². The van der Waals surface area contributed by atoms with Crippen LogP contribution in [0.1, 0.15) is 44.0 Å². The van der Waals surface area contributed by atoms with E-state index in [0.29, 0.717) is 24.3 Å². The fourth-order valence-corrected chi connectivity index (χ4v) is 5.13. The Balaban J connectivity index is 1.10. The standard InChI is InChI=1S/C30H31ClFN5O5/c1-39-30(38)25-7-6-24-29(35-25)37(16-22-11-14-40-22)27(34-24)17-36-12-9-21(10-13-36)42-28-4-2-3-20(33-28)18-41-26-8-5-19(31)15-23(26)32/h2-8,15,21-22H,9-14,16-18H2,1H3/t22-/m0/s1/i18D2. The summed E-state index contributed by atoms with van der Waals surface area (Å²) in [6, 6.07) is 11.9.